The van der Waals surface area contributed by atoms with Gasteiger partial charge in [0.25, 0.3) is 5.91 Å². The van der Waals surface area contributed by atoms with Gasteiger partial charge in [0.2, 0.25) is 10.0 Å². The van der Waals surface area contributed by atoms with Crippen molar-refractivity contribution < 1.29 is 17.6 Å². The van der Waals surface area contributed by atoms with Crippen molar-refractivity contribution in [1.29, 1.82) is 0 Å². The molecular formula is C18H22N2O4S. The summed E-state index contributed by atoms with van der Waals surface area (Å²) in [6.07, 6.45) is 0. The molecule has 25 heavy (non-hydrogen) atoms. The van der Waals surface area contributed by atoms with Crippen LogP contribution in [0.1, 0.15) is 27.4 Å². The first-order chi connectivity index (χ1) is 11.8. The van der Waals surface area contributed by atoms with Gasteiger partial charge in [-0.25, -0.2) is 8.42 Å². The summed E-state index contributed by atoms with van der Waals surface area (Å²) < 4.78 is 32.6. The topological polar surface area (TPSA) is 70.8 Å². The van der Waals surface area contributed by atoms with E-state index in [1.165, 1.54) is 4.31 Å². The molecule has 1 fully saturated rings. The number of benzene rings is 1. The molecule has 3 rings (SSSR count). The van der Waals surface area contributed by atoms with Crippen LogP contribution >= 0.6 is 0 Å². The number of hydrogen-bond acceptors (Lipinski definition) is 4. The van der Waals surface area contributed by atoms with Crippen LogP contribution in [0.25, 0.3) is 0 Å². The summed E-state index contributed by atoms with van der Waals surface area (Å²) in [5.74, 6) is 0.778. The molecule has 1 amide bonds. The van der Waals surface area contributed by atoms with Crippen LogP contribution in [-0.4, -0.2) is 49.7 Å². The third-order valence-corrected chi connectivity index (χ3v) is 6.48. The summed E-state index contributed by atoms with van der Waals surface area (Å²) >= 11 is 0. The molecule has 2 heterocycles. The summed E-state index contributed by atoms with van der Waals surface area (Å²) in [5, 5.41) is 0. The Morgan fingerprint density at radius 1 is 1.00 bits per heavy atom. The van der Waals surface area contributed by atoms with Gasteiger partial charge in [-0.1, -0.05) is 12.1 Å². The first kappa shape index (κ1) is 17.7. The zero-order chi connectivity index (χ0) is 18.2. The van der Waals surface area contributed by atoms with Crippen molar-refractivity contribution in [2.24, 2.45) is 0 Å². The molecule has 2 aromatic rings. The van der Waals surface area contributed by atoms with E-state index in [2.05, 4.69) is 0 Å². The van der Waals surface area contributed by atoms with Gasteiger partial charge in [-0.15, -0.1) is 0 Å². The molecule has 1 aromatic carbocycles. The monoisotopic (exact) mass is 362 g/mol. The fraction of sp³-hybridized carbons (Fsp3) is 0.389. The average molecular weight is 362 g/mol. The minimum atomic E-state index is -3.55. The lowest BCUT2D eigenvalue weighted by Gasteiger charge is -2.33. The SMILES string of the molecule is Cc1ccc(C)c(S(=O)(=O)N2CCN(C(=O)c3ccc(C)o3)CC2)c1. The smallest absolute Gasteiger partial charge is 0.289 e. The summed E-state index contributed by atoms with van der Waals surface area (Å²) in [5.41, 5.74) is 1.64. The van der Waals surface area contributed by atoms with Crippen molar-refractivity contribution in [3.05, 3.63) is 53.0 Å². The largest absolute Gasteiger partial charge is 0.456 e. The lowest BCUT2D eigenvalue weighted by Crippen LogP contribution is -2.50. The standard InChI is InChI=1S/C18H22N2O4S/c1-13-4-5-14(2)17(12-13)25(22,23)20-10-8-19(9-11-20)18(21)16-7-6-15(3)24-16/h4-7,12H,8-11H2,1-3H3. The van der Waals surface area contributed by atoms with E-state index < -0.39 is 10.0 Å². The van der Waals surface area contributed by atoms with Gasteiger partial charge >= 0.3 is 0 Å². The van der Waals surface area contributed by atoms with Crippen LogP contribution < -0.4 is 0 Å². The van der Waals surface area contributed by atoms with Crippen molar-refractivity contribution in [2.75, 3.05) is 26.2 Å². The molecule has 0 radical (unpaired) electrons. The molecule has 1 aromatic heterocycles. The van der Waals surface area contributed by atoms with E-state index >= 15 is 0 Å². The molecule has 0 saturated carbocycles. The molecule has 134 valence electrons. The molecule has 6 nitrogen and oxygen atoms in total. The fourth-order valence-electron chi connectivity index (χ4n) is 2.96. The van der Waals surface area contributed by atoms with E-state index in [0.717, 1.165) is 11.1 Å². The second-order valence-corrected chi connectivity index (χ2v) is 8.28. The highest BCUT2D eigenvalue weighted by Crippen LogP contribution is 2.23. The minimum absolute atomic E-state index is 0.197. The Kier molecular flexibility index (Phi) is 4.71. The van der Waals surface area contributed by atoms with Crippen LogP contribution in [0.4, 0.5) is 0 Å². The van der Waals surface area contributed by atoms with Gasteiger partial charge in [0, 0.05) is 26.2 Å². The second-order valence-electron chi connectivity index (χ2n) is 6.38. The highest BCUT2D eigenvalue weighted by Gasteiger charge is 2.32. The number of piperazine rings is 1. The minimum Gasteiger partial charge on any atom is -0.456 e. The maximum absolute atomic E-state index is 12.9. The van der Waals surface area contributed by atoms with Gasteiger partial charge in [-0.2, -0.15) is 4.31 Å². The Hall–Kier alpha value is -2.12. The van der Waals surface area contributed by atoms with Crippen molar-refractivity contribution >= 4 is 15.9 Å². The summed E-state index contributed by atoms with van der Waals surface area (Å²) in [7, 11) is -3.55. The van der Waals surface area contributed by atoms with E-state index in [9.17, 15) is 13.2 Å². The molecule has 0 bridgehead atoms. The molecule has 0 N–H and O–H groups in total. The summed E-state index contributed by atoms with van der Waals surface area (Å²) in [6, 6.07) is 8.82. The third kappa shape index (κ3) is 3.48. The number of nitrogens with zero attached hydrogens (tertiary/aromatic N) is 2. The van der Waals surface area contributed by atoms with E-state index in [0.29, 0.717) is 29.5 Å². The van der Waals surface area contributed by atoms with Gasteiger partial charge in [0.15, 0.2) is 5.76 Å². The molecule has 7 heteroatoms. The molecular weight excluding hydrogens is 340 g/mol. The number of hydrogen-bond donors (Lipinski definition) is 0. The van der Waals surface area contributed by atoms with Crippen molar-refractivity contribution in [1.82, 2.24) is 9.21 Å². The predicted molar refractivity (Wildman–Crippen MR) is 94.0 cm³/mol. The quantitative estimate of drug-likeness (QED) is 0.840. The highest BCUT2D eigenvalue weighted by atomic mass is 32.2. The van der Waals surface area contributed by atoms with Gasteiger partial charge in [0.1, 0.15) is 5.76 Å². The second kappa shape index (κ2) is 6.65. The van der Waals surface area contributed by atoms with Gasteiger partial charge in [-0.05, 0) is 50.1 Å². The zero-order valence-electron chi connectivity index (χ0n) is 14.7. The zero-order valence-corrected chi connectivity index (χ0v) is 15.5. The number of carbonyl (C=O) groups is 1. The molecule has 1 aliphatic heterocycles. The van der Waals surface area contributed by atoms with Gasteiger partial charge in [-0.3, -0.25) is 4.79 Å². The number of amides is 1. The molecule has 1 aliphatic rings. The van der Waals surface area contributed by atoms with Crippen LogP contribution in [0, 0.1) is 20.8 Å². The van der Waals surface area contributed by atoms with Crippen LogP contribution in [0.3, 0.4) is 0 Å². The normalized spacial score (nSPS) is 16.2. The van der Waals surface area contributed by atoms with Crippen molar-refractivity contribution in [3.63, 3.8) is 0 Å². The molecule has 0 spiro atoms. The Balaban J connectivity index is 1.73. The molecule has 1 saturated heterocycles. The third-order valence-electron chi connectivity index (χ3n) is 4.44. The van der Waals surface area contributed by atoms with Gasteiger partial charge in [0.05, 0.1) is 4.90 Å². The maximum atomic E-state index is 12.9. The Labute approximate surface area is 148 Å². The van der Waals surface area contributed by atoms with Crippen molar-refractivity contribution in [3.8, 4) is 0 Å². The van der Waals surface area contributed by atoms with E-state index in [1.54, 1.807) is 36.9 Å². The van der Waals surface area contributed by atoms with E-state index in [-0.39, 0.29) is 19.0 Å². The number of furan rings is 1. The first-order valence-electron chi connectivity index (χ1n) is 8.22. The Morgan fingerprint density at radius 2 is 1.68 bits per heavy atom. The maximum Gasteiger partial charge on any atom is 0.289 e. The Morgan fingerprint density at radius 3 is 2.28 bits per heavy atom. The number of sulfonamides is 1. The van der Waals surface area contributed by atoms with E-state index in [1.807, 2.05) is 19.1 Å². The lowest BCUT2D eigenvalue weighted by atomic mass is 10.2. The predicted octanol–water partition coefficient (Wildman–Crippen LogP) is 2.35. The number of carbonyl (C=O) groups excluding carboxylic acids is 1. The Bertz CT molecular complexity index is 894. The van der Waals surface area contributed by atoms with Crippen LogP contribution in [0.15, 0.2) is 39.6 Å². The molecule has 0 aliphatic carbocycles. The molecule has 0 atom stereocenters. The summed E-state index contributed by atoms with van der Waals surface area (Å²) in [6.45, 7) is 6.71. The summed E-state index contributed by atoms with van der Waals surface area (Å²) in [4.78, 5) is 14.4. The lowest BCUT2D eigenvalue weighted by molar-refractivity contribution is 0.0664. The fourth-order valence-corrected chi connectivity index (χ4v) is 4.69. The number of rotatable bonds is 3. The average Bonchev–Trinajstić information content (AvgIpc) is 3.03. The van der Waals surface area contributed by atoms with Gasteiger partial charge < -0.3 is 9.32 Å². The number of aryl methyl sites for hydroxylation is 3. The van der Waals surface area contributed by atoms with Crippen LogP contribution in [0.5, 0.6) is 0 Å². The first-order valence-corrected chi connectivity index (χ1v) is 9.66. The molecule has 0 unspecified atom stereocenters. The van der Waals surface area contributed by atoms with E-state index in [4.69, 9.17) is 4.42 Å². The van der Waals surface area contributed by atoms with Crippen LogP contribution in [0.2, 0.25) is 0 Å². The van der Waals surface area contributed by atoms with Crippen LogP contribution in [-0.2, 0) is 10.0 Å². The highest BCUT2D eigenvalue weighted by molar-refractivity contribution is 7.89. The van der Waals surface area contributed by atoms with Crippen molar-refractivity contribution in [2.45, 2.75) is 25.7 Å².